The van der Waals surface area contributed by atoms with E-state index in [9.17, 15) is 0 Å². The van der Waals surface area contributed by atoms with E-state index in [1.807, 2.05) is 12.4 Å². The van der Waals surface area contributed by atoms with Crippen LogP contribution in [0.25, 0.3) is 0 Å². The Morgan fingerprint density at radius 1 is 1.38 bits per heavy atom. The van der Waals surface area contributed by atoms with E-state index >= 15 is 0 Å². The average Bonchev–Trinajstić information content (AvgIpc) is 2.53. The van der Waals surface area contributed by atoms with Crippen LogP contribution in [-0.2, 0) is 11.2 Å². The van der Waals surface area contributed by atoms with Gasteiger partial charge in [0.2, 0.25) is 0 Å². The molecule has 0 radical (unpaired) electrons. The van der Waals surface area contributed by atoms with Gasteiger partial charge >= 0.3 is 0 Å². The lowest BCUT2D eigenvalue weighted by Gasteiger charge is -2.40. The second kappa shape index (κ2) is 8.47. The van der Waals surface area contributed by atoms with Crippen LogP contribution in [0.5, 0.6) is 0 Å². The number of pyridine rings is 1. The van der Waals surface area contributed by atoms with Gasteiger partial charge in [-0.3, -0.25) is 4.98 Å². The molecule has 0 aromatic carbocycles. The molecule has 1 N–H and O–H groups in total. The van der Waals surface area contributed by atoms with Crippen molar-refractivity contribution in [2.24, 2.45) is 5.41 Å². The quantitative estimate of drug-likeness (QED) is 0.794. The summed E-state index contributed by atoms with van der Waals surface area (Å²) < 4.78 is 5.77. The highest BCUT2D eigenvalue weighted by Crippen LogP contribution is 2.29. The van der Waals surface area contributed by atoms with Crippen LogP contribution in [0.2, 0.25) is 0 Å². The molecular weight excluding hydrogens is 262 g/mol. The molecule has 1 unspecified atom stereocenters. The van der Waals surface area contributed by atoms with Crippen molar-refractivity contribution in [3.8, 4) is 0 Å². The number of nitrogens with one attached hydrogen (secondary N) is 1. The van der Waals surface area contributed by atoms with Crippen molar-refractivity contribution in [1.29, 1.82) is 0 Å². The molecule has 1 saturated heterocycles. The minimum atomic E-state index is 0.279. The summed E-state index contributed by atoms with van der Waals surface area (Å²) in [5.74, 6) is 0. The third-order valence-corrected chi connectivity index (χ3v) is 4.29. The highest BCUT2D eigenvalue weighted by Gasteiger charge is 2.33. The fraction of sp³-hybridized carbons (Fsp3) is 0.706. The summed E-state index contributed by atoms with van der Waals surface area (Å²) >= 11 is 0. The van der Waals surface area contributed by atoms with Gasteiger partial charge in [-0.1, -0.05) is 6.92 Å². The van der Waals surface area contributed by atoms with Gasteiger partial charge in [-0.15, -0.1) is 0 Å². The lowest BCUT2D eigenvalue weighted by atomic mass is 9.81. The summed E-state index contributed by atoms with van der Waals surface area (Å²) in [7, 11) is 2.23. The molecule has 0 bridgehead atoms. The Bertz CT molecular complexity index is 390. The highest BCUT2D eigenvalue weighted by atomic mass is 16.5. The molecule has 0 saturated carbocycles. The van der Waals surface area contributed by atoms with Gasteiger partial charge < -0.3 is 15.0 Å². The lowest BCUT2D eigenvalue weighted by Crippen LogP contribution is -2.48. The maximum atomic E-state index is 5.77. The van der Waals surface area contributed by atoms with Crippen molar-refractivity contribution < 1.29 is 4.74 Å². The largest absolute Gasteiger partial charge is 0.381 e. The number of ether oxygens (including phenoxy) is 1. The van der Waals surface area contributed by atoms with E-state index in [0.717, 1.165) is 45.8 Å². The van der Waals surface area contributed by atoms with Crippen LogP contribution in [0.15, 0.2) is 24.5 Å². The molecule has 1 aromatic heterocycles. The van der Waals surface area contributed by atoms with Crippen LogP contribution in [0, 0.1) is 5.41 Å². The molecule has 1 aromatic rings. The first-order valence-corrected chi connectivity index (χ1v) is 8.10. The molecule has 21 heavy (non-hydrogen) atoms. The van der Waals surface area contributed by atoms with Crippen molar-refractivity contribution in [3.63, 3.8) is 0 Å². The number of aromatic nitrogens is 1. The average molecular weight is 291 g/mol. The van der Waals surface area contributed by atoms with Crippen LogP contribution < -0.4 is 5.32 Å². The van der Waals surface area contributed by atoms with E-state index in [1.54, 1.807) is 0 Å². The molecule has 2 rings (SSSR count). The summed E-state index contributed by atoms with van der Waals surface area (Å²) in [4.78, 5) is 6.52. The third kappa shape index (κ3) is 5.38. The molecule has 4 heteroatoms. The summed E-state index contributed by atoms with van der Waals surface area (Å²) in [6.07, 6.45) is 7.27. The monoisotopic (exact) mass is 291 g/mol. The second-order valence-corrected chi connectivity index (χ2v) is 6.28. The van der Waals surface area contributed by atoms with E-state index in [-0.39, 0.29) is 5.41 Å². The fourth-order valence-corrected chi connectivity index (χ4v) is 3.14. The number of hydrogen-bond acceptors (Lipinski definition) is 4. The normalized spacial score (nSPS) is 22.6. The first kappa shape index (κ1) is 16.4. The second-order valence-electron chi connectivity index (χ2n) is 6.28. The van der Waals surface area contributed by atoms with Gasteiger partial charge in [0.1, 0.15) is 0 Å². The topological polar surface area (TPSA) is 37.4 Å². The molecule has 0 spiro atoms. The minimum Gasteiger partial charge on any atom is -0.381 e. The van der Waals surface area contributed by atoms with E-state index in [0.29, 0.717) is 0 Å². The van der Waals surface area contributed by atoms with E-state index in [2.05, 4.69) is 41.3 Å². The van der Waals surface area contributed by atoms with Crippen molar-refractivity contribution >= 4 is 0 Å². The van der Waals surface area contributed by atoms with Crippen molar-refractivity contribution in [1.82, 2.24) is 15.2 Å². The number of rotatable bonds is 8. The fourth-order valence-electron chi connectivity index (χ4n) is 3.14. The van der Waals surface area contributed by atoms with Gasteiger partial charge in [0.15, 0.2) is 0 Å². The molecule has 1 aliphatic heterocycles. The number of likely N-dealkylation sites (N-methyl/N-ethyl adjacent to an activating group) is 1. The minimum absolute atomic E-state index is 0.279. The lowest BCUT2D eigenvalue weighted by molar-refractivity contribution is -0.0222. The zero-order valence-corrected chi connectivity index (χ0v) is 13.5. The molecule has 1 fully saturated rings. The Morgan fingerprint density at radius 3 is 2.86 bits per heavy atom. The number of hydrogen-bond donors (Lipinski definition) is 1. The van der Waals surface area contributed by atoms with Gasteiger partial charge in [-0.05, 0) is 50.6 Å². The zero-order valence-electron chi connectivity index (χ0n) is 13.5. The van der Waals surface area contributed by atoms with E-state index < -0.39 is 0 Å². The Morgan fingerprint density at radius 2 is 2.19 bits per heavy atom. The summed E-state index contributed by atoms with van der Waals surface area (Å²) in [5, 5.41) is 3.52. The smallest absolute Gasteiger partial charge is 0.0546 e. The predicted octanol–water partition coefficient (Wildman–Crippen LogP) is 1.96. The molecule has 1 aliphatic rings. The highest BCUT2D eigenvalue weighted by molar-refractivity contribution is 5.09. The van der Waals surface area contributed by atoms with E-state index in [4.69, 9.17) is 4.74 Å². The first-order chi connectivity index (χ1) is 10.2. The molecule has 0 aliphatic carbocycles. The van der Waals surface area contributed by atoms with Crippen LogP contribution in [0.1, 0.15) is 25.3 Å². The predicted molar refractivity (Wildman–Crippen MR) is 86.5 cm³/mol. The van der Waals surface area contributed by atoms with E-state index in [1.165, 1.54) is 18.4 Å². The summed E-state index contributed by atoms with van der Waals surface area (Å²) in [5.41, 5.74) is 1.64. The van der Waals surface area contributed by atoms with Crippen molar-refractivity contribution in [3.05, 3.63) is 30.1 Å². The standard InChI is InChI=1S/C17H29N3O/c1-3-18-13-17(8-4-12-21-15-17)14-20(2)11-7-16-5-9-19-10-6-16/h5-6,9-10,18H,3-4,7-8,11-15H2,1-2H3. The first-order valence-electron chi connectivity index (χ1n) is 8.10. The number of nitrogens with zero attached hydrogens (tertiary/aromatic N) is 2. The Kier molecular flexibility index (Phi) is 6.61. The Balaban J connectivity index is 1.84. The SMILES string of the molecule is CCNCC1(CN(C)CCc2ccncc2)CCCOC1. The zero-order chi connectivity index (χ0) is 15.0. The summed E-state index contributed by atoms with van der Waals surface area (Å²) in [6, 6.07) is 4.21. The van der Waals surface area contributed by atoms with Gasteiger partial charge in [0.05, 0.1) is 6.61 Å². The van der Waals surface area contributed by atoms with Crippen LogP contribution in [-0.4, -0.2) is 56.3 Å². The molecule has 2 heterocycles. The van der Waals surface area contributed by atoms with Crippen LogP contribution in [0.3, 0.4) is 0 Å². The molecule has 118 valence electrons. The summed E-state index contributed by atoms with van der Waals surface area (Å²) in [6.45, 7) is 8.26. The van der Waals surface area contributed by atoms with Gasteiger partial charge in [-0.25, -0.2) is 0 Å². The Labute approximate surface area is 128 Å². The maximum Gasteiger partial charge on any atom is 0.0546 e. The van der Waals surface area contributed by atoms with Gasteiger partial charge in [-0.2, -0.15) is 0 Å². The maximum absolute atomic E-state index is 5.77. The molecular formula is C17H29N3O. The molecule has 0 amide bonds. The van der Waals surface area contributed by atoms with Crippen molar-refractivity contribution in [2.45, 2.75) is 26.2 Å². The van der Waals surface area contributed by atoms with Crippen molar-refractivity contribution in [2.75, 3.05) is 46.4 Å². The van der Waals surface area contributed by atoms with Gasteiger partial charge in [0, 0.05) is 44.0 Å². The molecule has 1 atom stereocenters. The third-order valence-electron chi connectivity index (χ3n) is 4.29. The molecule has 4 nitrogen and oxygen atoms in total. The Hall–Kier alpha value is -0.970. The van der Waals surface area contributed by atoms with Crippen LogP contribution >= 0.6 is 0 Å². The van der Waals surface area contributed by atoms with Gasteiger partial charge in [0.25, 0.3) is 0 Å². The van der Waals surface area contributed by atoms with Crippen LogP contribution in [0.4, 0.5) is 0 Å².